The maximum atomic E-state index is 2.52. The molecule has 0 radical (unpaired) electrons. The molecule has 0 amide bonds. The lowest BCUT2D eigenvalue weighted by molar-refractivity contribution is 1.18. The predicted molar refractivity (Wildman–Crippen MR) is 525 cm³/mol. The summed E-state index contributed by atoms with van der Waals surface area (Å²) in [5.41, 5.74) is 36.9. The number of aromatic nitrogens is 2. The molecule has 124 heavy (non-hydrogen) atoms. The Kier molecular flexibility index (Phi) is 20.5. The summed E-state index contributed by atoms with van der Waals surface area (Å²) in [6, 6.07) is 184. The highest BCUT2D eigenvalue weighted by molar-refractivity contribution is 6.18. The quantitative estimate of drug-likeness (QED) is 0.0851. The molecule has 0 aliphatic heterocycles. The van der Waals surface area contributed by atoms with E-state index < -0.39 is 0 Å². The summed E-state index contributed by atoms with van der Waals surface area (Å²) in [6.45, 7) is 0. The predicted octanol–water partition coefficient (Wildman–Crippen LogP) is 33.2. The molecule has 0 N–H and O–H groups in total. The summed E-state index contributed by atoms with van der Waals surface area (Å²) < 4.78 is 4.81. The van der Waals surface area contributed by atoms with E-state index in [2.05, 4.69) is 529 Å². The molecule has 2 heterocycles. The first-order valence-electron chi connectivity index (χ1n) is 42.5. The number of hydrogen-bond acceptors (Lipinski definition) is 2. The zero-order chi connectivity index (χ0) is 82.5. The highest BCUT2D eigenvalue weighted by Crippen LogP contribution is 2.54. The third-order valence-corrected chi connectivity index (χ3v) is 24.0. The van der Waals surface area contributed by atoms with Gasteiger partial charge in [-0.3, -0.25) is 0 Å². The summed E-state index contributed by atoms with van der Waals surface area (Å²) >= 11 is 0. The van der Waals surface area contributed by atoms with Crippen LogP contribution in [0.3, 0.4) is 0 Å². The molecule has 0 aliphatic rings. The van der Waals surface area contributed by atoms with Crippen molar-refractivity contribution in [3.63, 3.8) is 0 Å². The van der Waals surface area contributed by atoms with Gasteiger partial charge in [0.15, 0.2) is 0 Å². The third kappa shape index (κ3) is 14.7. The Balaban J connectivity index is 0.000000152. The van der Waals surface area contributed by atoms with Crippen LogP contribution in [0.4, 0.5) is 34.1 Å². The molecule has 0 fully saturated rings. The van der Waals surface area contributed by atoms with Gasteiger partial charge in [-0.15, -0.1) is 0 Å². The van der Waals surface area contributed by atoms with E-state index in [0.29, 0.717) is 0 Å². The van der Waals surface area contributed by atoms with E-state index in [9.17, 15) is 0 Å². The molecule has 22 aromatic rings. The molecular formula is C120H84N4. The molecule has 0 atom stereocenters. The zero-order valence-electron chi connectivity index (χ0n) is 68.3. The van der Waals surface area contributed by atoms with Crippen molar-refractivity contribution < 1.29 is 0 Å². The van der Waals surface area contributed by atoms with Gasteiger partial charge in [-0.1, -0.05) is 400 Å². The lowest BCUT2D eigenvalue weighted by Gasteiger charge is -2.32. The van der Waals surface area contributed by atoms with Crippen molar-refractivity contribution in [2.45, 2.75) is 0 Å². The van der Waals surface area contributed by atoms with Crippen molar-refractivity contribution in [2.75, 3.05) is 9.80 Å². The number of hydrogen-bond donors (Lipinski definition) is 0. The summed E-state index contributed by atoms with van der Waals surface area (Å²) in [5, 5.41) is 4.84. The Morgan fingerprint density at radius 2 is 0.395 bits per heavy atom. The van der Waals surface area contributed by atoms with Crippen LogP contribution in [0.5, 0.6) is 0 Å². The van der Waals surface area contributed by atoms with Crippen LogP contribution >= 0.6 is 0 Å². The maximum absolute atomic E-state index is 2.52. The van der Waals surface area contributed by atoms with Gasteiger partial charge >= 0.3 is 0 Å². The van der Waals surface area contributed by atoms with E-state index in [-0.39, 0.29) is 0 Å². The minimum Gasteiger partial charge on any atom is -0.309 e. The van der Waals surface area contributed by atoms with Crippen LogP contribution in [-0.2, 0) is 0 Å². The molecule has 0 aliphatic carbocycles. The molecule has 20 aromatic carbocycles. The van der Waals surface area contributed by atoms with Gasteiger partial charge in [-0.25, -0.2) is 0 Å². The first-order chi connectivity index (χ1) is 61.5. The van der Waals surface area contributed by atoms with Gasteiger partial charge in [0.1, 0.15) is 0 Å². The molecular weight excluding hydrogens is 1500 g/mol. The first kappa shape index (κ1) is 75.1. The Morgan fingerprint density at radius 1 is 0.145 bits per heavy atom. The minimum absolute atomic E-state index is 1.07. The molecule has 2 aromatic heterocycles. The fourth-order valence-electron chi connectivity index (χ4n) is 18.1. The minimum atomic E-state index is 1.07. The van der Waals surface area contributed by atoms with Gasteiger partial charge in [0, 0.05) is 72.2 Å². The van der Waals surface area contributed by atoms with E-state index in [1.807, 2.05) is 0 Å². The topological polar surface area (TPSA) is 16.3 Å². The van der Waals surface area contributed by atoms with Crippen molar-refractivity contribution in [1.82, 2.24) is 9.13 Å². The number of fused-ring (bicyclic) bond motifs is 6. The van der Waals surface area contributed by atoms with Crippen LogP contribution in [-0.4, -0.2) is 9.13 Å². The molecule has 0 saturated heterocycles. The lowest BCUT2D eigenvalue weighted by Crippen LogP contribution is -2.13. The fraction of sp³-hybridized carbons (Fsp3) is 0. The fourth-order valence-corrected chi connectivity index (χ4v) is 18.1. The average molecular weight is 1580 g/mol. The largest absolute Gasteiger partial charge is 0.309 e. The van der Waals surface area contributed by atoms with Crippen LogP contribution in [0.1, 0.15) is 0 Å². The molecule has 0 bridgehead atoms. The number of benzene rings is 20. The summed E-state index contributed by atoms with van der Waals surface area (Å²) in [5.74, 6) is 0. The van der Waals surface area contributed by atoms with E-state index >= 15 is 0 Å². The molecule has 0 spiro atoms. The highest BCUT2D eigenvalue weighted by Gasteiger charge is 2.29. The second kappa shape index (κ2) is 33.8. The van der Waals surface area contributed by atoms with Crippen LogP contribution in [0.15, 0.2) is 510 Å². The standard InChI is InChI=1S/2C60H42N2/c1-6-19-43(20-7-1)45-33-35-46(36-34-45)47-37-39-52(40-38-47)62(58-32-18-31-57-59(58)53-29-16-17-30-56(53)61(57)51-27-14-5-15-28-51)60-54(48-23-10-3-11-24-48)41-50(44-21-8-2-9-22-44)42-55(60)49-25-12-4-13-26-49;1-6-18-43(19-7-1)45-30-32-46(33-31-45)47-34-36-52(37-35-47)61(53-38-39-55-54-28-16-17-29-58(54)62(59(55)42-53)51-26-14-5-15-27-51)60-56(48-22-10-3-11-23-48)40-50(44-20-8-2-9-21-44)41-57(60)49-24-12-4-13-25-49/h2*1-42H. The van der Waals surface area contributed by atoms with E-state index in [0.717, 1.165) is 107 Å². The van der Waals surface area contributed by atoms with Gasteiger partial charge in [0.25, 0.3) is 0 Å². The SMILES string of the molecule is c1ccc(-c2ccc(-c3ccc(N(c4c(-c5ccccc5)cc(-c5ccccc5)cc4-c4ccccc4)c4cccc5c4c4ccccc4n5-c4ccccc4)cc3)cc2)cc1.c1ccc(-c2ccc(-c3ccc(N(c4ccc5c6ccccc6n(-c6ccccc6)c5c4)c4c(-c5ccccc5)cc(-c5ccccc5)cc4-c4ccccc4)cc3)cc2)cc1. The van der Waals surface area contributed by atoms with Gasteiger partial charge in [0.2, 0.25) is 0 Å². The molecule has 22 rings (SSSR count). The van der Waals surface area contributed by atoms with Crippen molar-refractivity contribution in [1.29, 1.82) is 0 Å². The van der Waals surface area contributed by atoms with Crippen molar-refractivity contribution in [2.24, 2.45) is 0 Å². The number of rotatable bonds is 18. The molecule has 4 nitrogen and oxygen atoms in total. The van der Waals surface area contributed by atoms with Gasteiger partial charge in [-0.05, 0) is 198 Å². The molecule has 0 unspecified atom stereocenters. The molecule has 4 heteroatoms. The van der Waals surface area contributed by atoms with Gasteiger partial charge < -0.3 is 18.9 Å². The summed E-state index contributed by atoms with van der Waals surface area (Å²) in [7, 11) is 0. The number of nitrogens with zero attached hydrogens (tertiary/aromatic N) is 4. The van der Waals surface area contributed by atoms with E-state index in [1.165, 1.54) is 93.8 Å². The third-order valence-electron chi connectivity index (χ3n) is 24.0. The Labute approximate surface area is 723 Å². The Hall–Kier alpha value is -16.4. The zero-order valence-corrected chi connectivity index (χ0v) is 68.3. The van der Waals surface area contributed by atoms with Crippen molar-refractivity contribution in [3.05, 3.63) is 510 Å². The second-order valence-corrected chi connectivity index (χ2v) is 31.4. The summed E-state index contributed by atoms with van der Waals surface area (Å²) in [6.07, 6.45) is 0. The van der Waals surface area contributed by atoms with Crippen molar-refractivity contribution >= 4 is 77.7 Å². The maximum Gasteiger partial charge on any atom is 0.0619 e. The monoisotopic (exact) mass is 1580 g/mol. The Morgan fingerprint density at radius 3 is 0.766 bits per heavy atom. The second-order valence-electron chi connectivity index (χ2n) is 31.4. The van der Waals surface area contributed by atoms with Crippen LogP contribution in [0.25, 0.3) is 166 Å². The summed E-state index contributed by atoms with van der Waals surface area (Å²) in [4.78, 5) is 5.00. The molecule has 0 saturated carbocycles. The van der Waals surface area contributed by atoms with Crippen LogP contribution in [0, 0.1) is 0 Å². The van der Waals surface area contributed by atoms with Crippen LogP contribution < -0.4 is 9.80 Å². The van der Waals surface area contributed by atoms with Crippen molar-refractivity contribution in [3.8, 4) is 123 Å². The lowest BCUT2D eigenvalue weighted by atomic mass is 9.89. The highest BCUT2D eigenvalue weighted by atomic mass is 15.2. The van der Waals surface area contributed by atoms with E-state index in [1.54, 1.807) is 0 Å². The van der Waals surface area contributed by atoms with Gasteiger partial charge in [-0.2, -0.15) is 0 Å². The smallest absolute Gasteiger partial charge is 0.0619 e. The molecule has 584 valence electrons. The first-order valence-corrected chi connectivity index (χ1v) is 42.5. The Bertz CT molecular complexity index is 7310. The van der Waals surface area contributed by atoms with Gasteiger partial charge in [0.05, 0.1) is 39.1 Å². The van der Waals surface area contributed by atoms with Crippen LogP contribution in [0.2, 0.25) is 0 Å². The number of para-hydroxylation sites is 4. The average Bonchev–Trinajstić information content (AvgIpc) is 1.53. The number of anilines is 6. The normalized spacial score (nSPS) is 11.2. The van der Waals surface area contributed by atoms with E-state index in [4.69, 9.17) is 0 Å².